The number of hydrogen-bond acceptors (Lipinski definition) is 1. The van der Waals surface area contributed by atoms with Crippen LogP contribution < -0.4 is 5.73 Å². The van der Waals surface area contributed by atoms with Gasteiger partial charge in [-0.3, -0.25) is 0 Å². The van der Waals surface area contributed by atoms with Crippen LogP contribution in [0.3, 0.4) is 0 Å². The Morgan fingerprint density at radius 2 is 1.79 bits per heavy atom. The van der Waals surface area contributed by atoms with Gasteiger partial charge in [-0.2, -0.15) is 0 Å². The first kappa shape index (κ1) is 14.9. The topological polar surface area (TPSA) is 26.0 Å². The molecule has 2 rings (SSSR count). The van der Waals surface area contributed by atoms with Crippen molar-refractivity contribution in [2.45, 2.75) is 64.8 Å². The van der Waals surface area contributed by atoms with Gasteiger partial charge >= 0.3 is 0 Å². The summed E-state index contributed by atoms with van der Waals surface area (Å²) >= 11 is 6.48. The summed E-state index contributed by atoms with van der Waals surface area (Å²) in [5.41, 5.74) is 8.73. The fourth-order valence-corrected chi connectivity index (χ4v) is 3.30. The predicted octanol–water partition coefficient (Wildman–Crippen LogP) is 5.22. The van der Waals surface area contributed by atoms with Crippen LogP contribution in [0.15, 0.2) is 18.2 Å². The molecule has 2 N–H and O–H groups in total. The van der Waals surface area contributed by atoms with Gasteiger partial charge in [-0.25, -0.2) is 0 Å². The van der Waals surface area contributed by atoms with Crippen LogP contribution in [0.2, 0.25) is 5.02 Å². The molecule has 1 aliphatic rings. The normalized spacial score (nSPS) is 20.5. The van der Waals surface area contributed by atoms with Crippen molar-refractivity contribution in [3.63, 3.8) is 0 Å². The second-order valence-electron chi connectivity index (χ2n) is 7.40. The van der Waals surface area contributed by atoms with Gasteiger partial charge in [0.2, 0.25) is 0 Å². The van der Waals surface area contributed by atoms with E-state index >= 15 is 0 Å². The van der Waals surface area contributed by atoms with Gasteiger partial charge in [-0.15, -0.1) is 0 Å². The lowest BCUT2D eigenvalue weighted by atomic mass is 9.71. The van der Waals surface area contributed by atoms with Crippen molar-refractivity contribution in [2.24, 2.45) is 11.1 Å². The maximum Gasteiger partial charge on any atom is 0.0444 e. The molecular formula is C17H26ClN. The summed E-state index contributed by atoms with van der Waals surface area (Å²) in [7, 11) is 0. The largest absolute Gasteiger partial charge is 0.322 e. The lowest BCUT2D eigenvalue weighted by Crippen LogP contribution is -2.28. The minimum atomic E-state index is -0.323. The Bertz CT molecular complexity index is 447. The van der Waals surface area contributed by atoms with Gasteiger partial charge in [0.25, 0.3) is 0 Å². The van der Waals surface area contributed by atoms with Gasteiger partial charge in [0, 0.05) is 10.6 Å². The van der Waals surface area contributed by atoms with Crippen LogP contribution >= 0.6 is 11.6 Å². The first-order chi connectivity index (χ1) is 8.69. The minimum absolute atomic E-state index is 0.323. The molecule has 0 unspecified atom stereocenters. The van der Waals surface area contributed by atoms with Gasteiger partial charge in [-0.05, 0) is 68.1 Å². The van der Waals surface area contributed by atoms with Gasteiger partial charge in [0.1, 0.15) is 0 Å². The first-order valence-corrected chi connectivity index (χ1v) is 7.66. The molecule has 1 aromatic rings. The number of halogens is 1. The average Bonchev–Trinajstić information content (AvgIpc) is 2.28. The van der Waals surface area contributed by atoms with Crippen LogP contribution in [-0.2, 0) is 5.54 Å². The van der Waals surface area contributed by atoms with Gasteiger partial charge in [0.15, 0.2) is 0 Å². The SMILES string of the molecule is CC1(C)CCC(c2ccc(C(C)(C)N)cc2Cl)CC1. The quantitative estimate of drug-likeness (QED) is 0.789. The highest BCUT2D eigenvalue weighted by atomic mass is 35.5. The zero-order chi connectivity index (χ0) is 14.3. The van der Waals surface area contributed by atoms with Crippen molar-refractivity contribution < 1.29 is 0 Å². The van der Waals surface area contributed by atoms with Crippen molar-refractivity contribution in [1.82, 2.24) is 0 Å². The van der Waals surface area contributed by atoms with Crippen molar-refractivity contribution in [2.75, 3.05) is 0 Å². The van der Waals surface area contributed by atoms with Crippen molar-refractivity contribution in [3.05, 3.63) is 34.3 Å². The molecule has 19 heavy (non-hydrogen) atoms. The van der Waals surface area contributed by atoms with Crippen LogP contribution in [0.4, 0.5) is 0 Å². The van der Waals surface area contributed by atoms with Gasteiger partial charge in [-0.1, -0.05) is 37.6 Å². The molecule has 0 atom stereocenters. The molecule has 0 heterocycles. The Kier molecular flexibility index (Phi) is 3.99. The van der Waals surface area contributed by atoms with E-state index in [2.05, 4.69) is 32.0 Å². The van der Waals surface area contributed by atoms with Crippen LogP contribution in [0.1, 0.15) is 70.4 Å². The maximum absolute atomic E-state index is 6.48. The molecule has 1 nitrogen and oxygen atoms in total. The summed E-state index contributed by atoms with van der Waals surface area (Å²) in [5.74, 6) is 0.621. The highest BCUT2D eigenvalue weighted by Gasteiger charge is 2.28. The third-order valence-corrected chi connectivity index (χ3v) is 4.85. The Balaban J connectivity index is 2.19. The van der Waals surface area contributed by atoms with Crippen molar-refractivity contribution in [3.8, 4) is 0 Å². The lowest BCUT2D eigenvalue weighted by Gasteiger charge is -2.35. The fraction of sp³-hybridized carbons (Fsp3) is 0.647. The molecule has 1 aromatic carbocycles. The van der Waals surface area contributed by atoms with Crippen LogP contribution in [-0.4, -0.2) is 0 Å². The van der Waals surface area contributed by atoms with E-state index in [1.165, 1.54) is 31.2 Å². The highest BCUT2D eigenvalue weighted by molar-refractivity contribution is 6.31. The van der Waals surface area contributed by atoms with E-state index < -0.39 is 0 Å². The summed E-state index contributed by atoms with van der Waals surface area (Å²) in [4.78, 5) is 0. The molecule has 2 heteroatoms. The smallest absolute Gasteiger partial charge is 0.0444 e. The Morgan fingerprint density at radius 3 is 2.26 bits per heavy atom. The standard InChI is InChI=1S/C17H26ClN/c1-16(2)9-7-12(8-10-16)14-6-5-13(11-15(14)18)17(3,4)19/h5-6,11-12H,7-10,19H2,1-4H3. The van der Waals surface area contributed by atoms with E-state index in [-0.39, 0.29) is 5.54 Å². The maximum atomic E-state index is 6.48. The Labute approximate surface area is 122 Å². The lowest BCUT2D eigenvalue weighted by molar-refractivity contribution is 0.224. The van der Waals surface area contributed by atoms with E-state index in [0.717, 1.165) is 10.6 Å². The average molecular weight is 280 g/mol. The Morgan fingerprint density at radius 1 is 1.21 bits per heavy atom. The number of nitrogens with two attached hydrogens (primary N) is 1. The summed E-state index contributed by atoms with van der Waals surface area (Å²) < 4.78 is 0. The molecule has 0 amide bonds. The third-order valence-electron chi connectivity index (χ3n) is 4.52. The molecular weight excluding hydrogens is 254 g/mol. The highest BCUT2D eigenvalue weighted by Crippen LogP contribution is 2.44. The number of hydrogen-bond donors (Lipinski definition) is 1. The molecule has 0 radical (unpaired) electrons. The van der Waals surface area contributed by atoms with Crippen LogP contribution in [0, 0.1) is 5.41 Å². The molecule has 1 aliphatic carbocycles. The monoisotopic (exact) mass is 279 g/mol. The predicted molar refractivity (Wildman–Crippen MR) is 83.7 cm³/mol. The van der Waals surface area contributed by atoms with Gasteiger partial charge < -0.3 is 5.73 Å². The van der Waals surface area contributed by atoms with E-state index in [1.54, 1.807) is 0 Å². The van der Waals surface area contributed by atoms with Crippen molar-refractivity contribution >= 4 is 11.6 Å². The molecule has 1 fully saturated rings. The summed E-state index contributed by atoms with van der Waals surface area (Å²) in [5, 5.41) is 0.890. The zero-order valence-electron chi connectivity index (χ0n) is 12.6. The molecule has 1 saturated carbocycles. The third kappa shape index (κ3) is 3.52. The van der Waals surface area contributed by atoms with E-state index in [1.807, 2.05) is 13.8 Å². The summed E-state index contributed by atoms with van der Waals surface area (Å²) in [6.45, 7) is 8.76. The zero-order valence-corrected chi connectivity index (χ0v) is 13.3. The molecule has 0 aromatic heterocycles. The minimum Gasteiger partial charge on any atom is -0.322 e. The summed E-state index contributed by atoms with van der Waals surface area (Å²) in [6, 6.07) is 6.38. The number of benzene rings is 1. The second-order valence-corrected chi connectivity index (χ2v) is 7.80. The van der Waals surface area contributed by atoms with E-state index in [4.69, 9.17) is 17.3 Å². The Hall–Kier alpha value is -0.530. The van der Waals surface area contributed by atoms with Gasteiger partial charge in [0.05, 0.1) is 0 Å². The van der Waals surface area contributed by atoms with E-state index in [9.17, 15) is 0 Å². The molecule has 0 bridgehead atoms. The molecule has 0 aliphatic heterocycles. The summed E-state index contributed by atoms with van der Waals surface area (Å²) in [6.07, 6.45) is 5.08. The second kappa shape index (κ2) is 5.10. The van der Waals surface area contributed by atoms with E-state index in [0.29, 0.717) is 11.3 Å². The molecule has 106 valence electrons. The van der Waals surface area contributed by atoms with Crippen molar-refractivity contribution in [1.29, 1.82) is 0 Å². The molecule has 0 saturated heterocycles. The van der Waals surface area contributed by atoms with Crippen LogP contribution in [0.25, 0.3) is 0 Å². The van der Waals surface area contributed by atoms with Crippen LogP contribution in [0.5, 0.6) is 0 Å². The number of rotatable bonds is 2. The first-order valence-electron chi connectivity index (χ1n) is 7.28. The fourth-order valence-electron chi connectivity index (χ4n) is 2.97. The molecule has 0 spiro atoms.